The third-order valence-electron chi connectivity index (χ3n) is 7.82. The maximum Gasteiger partial charge on any atom is 0.225 e. The number of methoxy groups -OCH3 is 1. The van der Waals surface area contributed by atoms with Crippen LogP contribution in [0.3, 0.4) is 0 Å². The van der Waals surface area contributed by atoms with Crippen LogP contribution in [0, 0.1) is 11.8 Å². The summed E-state index contributed by atoms with van der Waals surface area (Å²) in [5.41, 5.74) is 1.00. The van der Waals surface area contributed by atoms with Gasteiger partial charge < -0.3 is 15.0 Å². The van der Waals surface area contributed by atoms with Crippen molar-refractivity contribution in [3.05, 3.63) is 48.3 Å². The molecule has 3 fully saturated rings. The summed E-state index contributed by atoms with van der Waals surface area (Å²) in [6.45, 7) is 1.67. The van der Waals surface area contributed by atoms with Crippen LogP contribution in [0.1, 0.15) is 50.5 Å². The van der Waals surface area contributed by atoms with Gasteiger partial charge in [-0.2, -0.15) is 0 Å². The summed E-state index contributed by atoms with van der Waals surface area (Å²) in [4.78, 5) is 24.3. The van der Waals surface area contributed by atoms with Crippen molar-refractivity contribution in [1.82, 2.24) is 15.3 Å². The molecule has 31 heavy (non-hydrogen) atoms. The van der Waals surface area contributed by atoms with E-state index in [1.807, 2.05) is 18.2 Å². The summed E-state index contributed by atoms with van der Waals surface area (Å²) in [5.74, 6) is 3.34. The van der Waals surface area contributed by atoms with Crippen LogP contribution in [0.25, 0.3) is 0 Å². The van der Waals surface area contributed by atoms with Gasteiger partial charge in [0, 0.05) is 43.4 Å². The summed E-state index contributed by atoms with van der Waals surface area (Å²) in [6, 6.07) is 10.5. The lowest BCUT2D eigenvalue weighted by molar-refractivity contribution is -0.123. The van der Waals surface area contributed by atoms with Crippen molar-refractivity contribution in [3.63, 3.8) is 0 Å². The van der Waals surface area contributed by atoms with Gasteiger partial charge in [0.05, 0.1) is 7.11 Å². The van der Waals surface area contributed by atoms with E-state index >= 15 is 0 Å². The van der Waals surface area contributed by atoms with Gasteiger partial charge in [0.15, 0.2) is 0 Å². The van der Waals surface area contributed by atoms with Crippen LogP contribution in [-0.4, -0.2) is 42.1 Å². The van der Waals surface area contributed by atoms with Crippen LogP contribution in [0.2, 0.25) is 0 Å². The van der Waals surface area contributed by atoms with Gasteiger partial charge in [-0.05, 0) is 67.7 Å². The first-order valence-corrected chi connectivity index (χ1v) is 11.6. The average Bonchev–Trinajstić information content (AvgIpc) is 3.43. The first kappa shape index (κ1) is 20.3. The lowest BCUT2D eigenvalue weighted by atomic mass is 9.70. The van der Waals surface area contributed by atoms with Crippen molar-refractivity contribution in [3.8, 4) is 5.75 Å². The van der Waals surface area contributed by atoms with E-state index in [0.29, 0.717) is 18.4 Å². The van der Waals surface area contributed by atoms with Gasteiger partial charge in [-0.25, -0.2) is 9.97 Å². The second-order valence-electron chi connectivity index (χ2n) is 9.57. The molecule has 5 rings (SSSR count). The molecule has 3 unspecified atom stereocenters. The van der Waals surface area contributed by atoms with Crippen molar-refractivity contribution in [1.29, 1.82) is 0 Å². The Morgan fingerprint density at radius 3 is 2.65 bits per heavy atom. The zero-order valence-corrected chi connectivity index (χ0v) is 18.3. The molecule has 6 nitrogen and oxygen atoms in total. The molecule has 2 heterocycles. The number of aromatic nitrogens is 2. The number of rotatable bonds is 6. The number of amides is 1. The molecule has 2 bridgehead atoms. The third kappa shape index (κ3) is 4.12. The standard InChI is InChI=1S/C25H32N4O2/c1-31-21-5-2-4-20(16-21)25(8-12-29(13-9-25)24-26-10-3-11-27-24)17-23(30)28-22-15-18-6-7-19(22)14-18/h2-5,10-11,16,18-19,22H,6-9,12-15,17H2,1H3,(H,28,30). The Kier molecular flexibility index (Phi) is 5.55. The molecule has 1 aromatic carbocycles. The summed E-state index contributed by atoms with van der Waals surface area (Å²) >= 11 is 0. The number of anilines is 1. The minimum atomic E-state index is -0.193. The Balaban J connectivity index is 1.34. The maximum atomic E-state index is 13.2. The van der Waals surface area contributed by atoms with Crippen LogP contribution >= 0.6 is 0 Å². The van der Waals surface area contributed by atoms with E-state index in [4.69, 9.17) is 4.74 Å². The van der Waals surface area contributed by atoms with E-state index in [2.05, 4.69) is 32.3 Å². The van der Waals surface area contributed by atoms with Crippen LogP contribution in [0.5, 0.6) is 5.75 Å². The monoisotopic (exact) mass is 420 g/mol. The first-order chi connectivity index (χ1) is 15.1. The van der Waals surface area contributed by atoms with E-state index in [0.717, 1.165) is 43.5 Å². The van der Waals surface area contributed by atoms with Crippen LogP contribution in [0.15, 0.2) is 42.7 Å². The SMILES string of the molecule is COc1cccc(C2(CC(=O)NC3CC4CCC3C4)CCN(c3ncccn3)CC2)c1. The number of ether oxygens (including phenoxy) is 1. The minimum Gasteiger partial charge on any atom is -0.497 e. The van der Waals surface area contributed by atoms with Crippen molar-refractivity contribution in [2.75, 3.05) is 25.1 Å². The Bertz CT molecular complexity index is 911. The van der Waals surface area contributed by atoms with Crippen LogP contribution < -0.4 is 15.0 Å². The maximum absolute atomic E-state index is 13.2. The van der Waals surface area contributed by atoms with Crippen molar-refractivity contribution in [2.24, 2.45) is 11.8 Å². The summed E-state index contributed by atoms with van der Waals surface area (Å²) in [5, 5.41) is 3.42. The zero-order valence-electron chi connectivity index (χ0n) is 18.3. The Morgan fingerprint density at radius 1 is 1.16 bits per heavy atom. The summed E-state index contributed by atoms with van der Waals surface area (Å²) in [7, 11) is 1.70. The number of hydrogen-bond acceptors (Lipinski definition) is 5. The number of nitrogens with zero attached hydrogens (tertiary/aromatic N) is 3. The number of fused-ring (bicyclic) bond motifs is 2. The molecule has 1 aromatic heterocycles. The highest BCUT2D eigenvalue weighted by atomic mass is 16.5. The number of benzene rings is 1. The highest BCUT2D eigenvalue weighted by molar-refractivity contribution is 5.78. The van der Waals surface area contributed by atoms with Crippen LogP contribution in [-0.2, 0) is 10.2 Å². The molecule has 0 spiro atoms. The fraction of sp³-hybridized carbons (Fsp3) is 0.560. The second-order valence-corrected chi connectivity index (χ2v) is 9.57. The lowest BCUT2D eigenvalue weighted by Gasteiger charge is -2.42. The van der Waals surface area contributed by atoms with Gasteiger partial charge in [-0.3, -0.25) is 4.79 Å². The van der Waals surface area contributed by atoms with Gasteiger partial charge in [0.25, 0.3) is 0 Å². The smallest absolute Gasteiger partial charge is 0.225 e. The molecule has 2 aliphatic carbocycles. The van der Waals surface area contributed by atoms with E-state index in [-0.39, 0.29) is 11.3 Å². The molecule has 1 amide bonds. The number of piperidine rings is 1. The fourth-order valence-corrected chi connectivity index (χ4v) is 6.10. The molecule has 6 heteroatoms. The van der Waals surface area contributed by atoms with E-state index < -0.39 is 0 Å². The predicted molar refractivity (Wildman–Crippen MR) is 120 cm³/mol. The highest BCUT2D eigenvalue weighted by Crippen LogP contribution is 2.45. The van der Waals surface area contributed by atoms with Crippen molar-refractivity contribution >= 4 is 11.9 Å². The minimum absolute atomic E-state index is 0.193. The second kappa shape index (κ2) is 8.48. The summed E-state index contributed by atoms with van der Waals surface area (Å²) < 4.78 is 5.50. The Hall–Kier alpha value is -2.63. The molecule has 3 aliphatic rings. The largest absolute Gasteiger partial charge is 0.497 e. The fourth-order valence-electron chi connectivity index (χ4n) is 6.10. The van der Waals surface area contributed by atoms with Crippen molar-refractivity contribution in [2.45, 2.75) is 56.4 Å². The Morgan fingerprint density at radius 2 is 1.97 bits per heavy atom. The molecule has 1 saturated heterocycles. The topological polar surface area (TPSA) is 67.3 Å². The Labute approximate surface area is 184 Å². The normalized spacial score (nSPS) is 26.6. The molecule has 3 atom stereocenters. The predicted octanol–water partition coefficient (Wildman–Crippen LogP) is 3.72. The van der Waals surface area contributed by atoms with Gasteiger partial charge in [0.1, 0.15) is 5.75 Å². The van der Waals surface area contributed by atoms with Gasteiger partial charge in [0.2, 0.25) is 11.9 Å². The summed E-state index contributed by atoms with van der Waals surface area (Å²) in [6.07, 6.45) is 11.0. The van der Waals surface area contributed by atoms with Gasteiger partial charge in [-0.15, -0.1) is 0 Å². The van der Waals surface area contributed by atoms with Gasteiger partial charge >= 0.3 is 0 Å². The van der Waals surface area contributed by atoms with Crippen molar-refractivity contribution < 1.29 is 9.53 Å². The number of nitrogens with one attached hydrogen (secondary N) is 1. The number of carbonyl (C=O) groups excluding carboxylic acids is 1. The molecule has 0 radical (unpaired) electrons. The van der Waals surface area contributed by atoms with E-state index in [1.54, 1.807) is 19.5 Å². The molecule has 1 N–H and O–H groups in total. The van der Waals surface area contributed by atoms with E-state index in [1.165, 1.54) is 31.2 Å². The number of hydrogen-bond donors (Lipinski definition) is 1. The molecule has 2 saturated carbocycles. The van der Waals surface area contributed by atoms with E-state index in [9.17, 15) is 4.79 Å². The molecule has 164 valence electrons. The number of carbonyl (C=O) groups is 1. The molecular formula is C25H32N4O2. The molecular weight excluding hydrogens is 388 g/mol. The lowest BCUT2D eigenvalue weighted by Crippen LogP contribution is -2.47. The molecule has 2 aromatic rings. The third-order valence-corrected chi connectivity index (χ3v) is 7.82. The van der Waals surface area contributed by atoms with Gasteiger partial charge in [-0.1, -0.05) is 18.6 Å². The quantitative estimate of drug-likeness (QED) is 0.772. The first-order valence-electron chi connectivity index (χ1n) is 11.6. The highest BCUT2D eigenvalue weighted by Gasteiger charge is 2.42. The molecule has 1 aliphatic heterocycles. The zero-order chi connectivity index (χ0) is 21.3. The average molecular weight is 421 g/mol. The van der Waals surface area contributed by atoms with Crippen LogP contribution in [0.4, 0.5) is 5.95 Å².